The lowest BCUT2D eigenvalue weighted by atomic mass is 9.97. The van der Waals surface area contributed by atoms with Gasteiger partial charge < -0.3 is 31.5 Å². The highest BCUT2D eigenvalue weighted by molar-refractivity contribution is 5.99. The number of alkyl halides is 9. The number of carboxylic acids is 2. The number of anilines is 1. The number of nitrogens with one attached hydrogen (secondary N) is 4. The molecule has 2 aromatic rings. The molecule has 1 atom stereocenters. The summed E-state index contributed by atoms with van der Waals surface area (Å²) in [5.74, 6) is -5.58. The van der Waals surface area contributed by atoms with Crippen molar-refractivity contribution in [2.24, 2.45) is 4.99 Å². The fraction of sp³-hybridized carbons (Fsp3) is 0.320. The number of carbonyl (C=O) groups is 4. The summed E-state index contributed by atoms with van der Waals surface area (Å²) in [6.45, 7) is 0.503. The zero-order valence-electron chi connectivity index (χ0n) is 22.3. The van der Waals surface area contributed by atoms with Crippen molar-refractivity contribution in [2.75, 3.05) is 25.0 Å². The van der Waals surface area contributed by atoms with Crippen LogP contribution in [0.25, 0.3) is 0 Å². The third kappa shape index (κ3) is 11.9. The van der Waals surface area contributed by atoms with Crippen molar-refractivity contribution >= 4 is 35.4 Å². The second kappa shape index (κ2) is 14.6. The predicted octanol–water partition coefficient (Wildman–Crippen LogP) is 3.79. The molecule has 2 amide bonds. The van der Waals surface area contributed by atoms with Crippen molar-refractivity contribution in [3.63, 3.8) is 0 Å². The normalized spacial score (nSPS) is 13.8. The molecule has 0 fully saturated rings. The second-order valence-electron chi connectivity index (χ2n) is 8.91. The Balaban J connectivity index is 0.000000900. The van der Waals surface area contributed by atoms with Crippen molar-refractivity contribution < 1.29 is 68.9 Å². The third-order valence-electron chi connectivity index (χ3n) is 5.44. The van der Waals surface area contributed by atoms with E-state index < -0.39 is 78.0 Å². The Morgan fingerprint density at radius 3 is 1.93 bits per heavy atom. The van der Waals surface area contributed by atoms with Crippen LogP contribution in [0, 0.1) is 0 Å². The van der Waals surface area contributed by atoms with Crippen LogP contribution in [0.2, 0.25) is 0 Å². The van der Waals surface area contributed by atoms with E-state index >= 15 is 0 Å². The van der Waals surface area contributed by atoms with Gasteiger partial charge in [0.05, 0.1) is 36.7 Å². The predicted molar refractivity (Wildman–Crippen MR) is 136 cm³/mol. The van der Waals surface area contributed by atoms with E-state index in [-0.39, 0.29) is 11.6 Å². The minimum atomic E-state index is -5.16. The van der Waals surface area contributed by atoms with E-state index in [1.807, 2.05) is 0 Å². The first kappa shape index (κ1) is 36.2. The first-order chi connectivity index (χ1) is 20.7. The topological polar surface area (TPSA) is 169 Å². The summed E-state index contributed by atoms with van der Waals surface area (Å²) < 4.78 is 111. The zero-order chi connectivity index (χ0) is 34.2. The van der Waals surface area contributed by atoms with Crippen LogP contribution in [0.1, 0.15) is 39.5 Å². The largest absolute Gasteiger partial charge is 0.490 e. The first-order valence-electron chi connectivity index (χ1n) is 12.2. The number of aliphatic imine (C=N–C) groups is 1. The van der Waals surface area contributed by atoms with Gasteiger partial charge in [-0.15, -0.1) is 0 Å². The van der Waals surface area contributed by atoms with E-state index in [2.05, 4.69) is 26.3 Å². The number of aliphatic carboxylic acids is 2. The molecule has 0 aliphatic carbocycles. The van der Waals surface area contributed by atoms with Crippen LogP contribution in [0.4, 0.5) is 45.2 Å². The highest BCUT2D eigenvalue weighted by Gasteiger charge is 2.39. The lowest BCUT2D eigenvalue weighted by Crippen LogP contribution is -2.39. The lowest BCUT2D eigenvalue weighted by molar-refractivity contribution is -0.192. The molecule has 0 spiro atoms. The van der Waals surface area contributed by atoms with Gasteiger partial charge in [0.25, 0.3) is 5.91 Å². The fourth-order valence-electron chi connectivity index (χ4n) is 3.47. The molecule has 1 aliphatic rings. The number of amides is 2. The van der Waals surface area contributed by atoms with Gasteiger partial charge >= 0.3 is 30.5 Å². The van der Waals surface area contributed by atoms with Gasteiger partial charge in [-0.1, -0.05) is 6.07 Å². The maximum Gasteiger partial charge on any atom is 0.490 e. The summed E-state index contributed by atoms with van der Waals surface area (Å²) in [7, 11) is 0. The van der Waals surface area contributed by atoms with Gasteiger partial charge in [0.2, 0.25) is 5.91 Å². The molecular weight excluding hydrogens is 637 g/mol. The molecule has 1 unspecified atom stereocenters. The van der Waals surface area contributed by atoms with Gasteiger partial charge in [-0.3, -0.25) is 19.4 Å². The van der Waals surface area contributed by atoms with Gasteiger partial charge in [0.15, 0.2) is 5.96 Å². The Hall–Kier alpha value is -5.04. The summed E-state index contributed by atoms with van der Waals surface area (Å²) in [6.07, 6.45) is -16.4. The second-order valence-corrected chi connectivity index (χ2v) is 8.91. The molecule has 1 aliphatic heterocycles. The number of hydrogen-bond acceptors (Lipinski definition) is 7. The number of guanidine groups is 1. The quantitative estimate of drug-likeness (QED) is 0.233. The summed E-state index contributed by atoms with van der Waals surface area (Å²) in [5.41, 5.74) is -3.38. The molecule has 1 heterocycles. The standard InChI is InChI=1S/C23H21F6N5O4.C2HF3O2/c24-22(25,26)14-6-13(7-15(9-14)23(27,28)29)17(10-19(36)37)34-18(35)11-32-20(38)12-2-1-3-16(8-12)33-21-30-4-5-31-21;3-2(4,5)1(6)7/h1-3,6-9,17H,4-5,10-11H2,(H,32,38)(H,34,35)(H,36,37)(H2,30,31,33);(H,6,7). The Labute approximate surface area is 246 Å². The minimum absolute atomic E-state index is 0.109. The lowest BCUT2D eigenvalue weighted by Gasteiger charge is -2.21. The molecule has 0 bridgehead atoms. The molecule has 6 N–H and O–H groups in total. The van der Waals surface area contributed by atoms with Crippen LogP contribution in [0.3, 0.4) is 0 Å². The number of benzene rings is 2. The Bertz CT molecular complexity index is 1410. The van der Waals surface area contributed by atoms with Gasteiger partial charge in [-0.25, -0.2) is 4.79 Å². The molecule has 3 rings (SSSR count). The summed E-state index contributed by atoms with van der Waals surface area (Å²) >= 11 is 0. The SMILES string of the molecule is O=C(O)C(F)(F)F.O=C(O)CC(NC(=O)CNC(=O)c1cccc(NC2=NCCN2)c1)c1cc(C(F)(F)F)cc(C(F)(F)F)c1. The molecule has 0 saturated carbocycles. The third-order valence-corrected chi connectivity index (χ3v) is 5.44. The van der Waals surface area contributed by atoms with Crippen LogP contribution in [0.5, 0.6) is 0 Å². The van der Waals surface area contributed by atoms with E-state index in [1.165, 1.54) is 12.1 Å². The van der Waals surface area contributed by atoms with E-state index in [0.29, 0.717) is 36.9 Å². The van der Waals surface area contributed by atoms with Crippen molar-refractivity contribution in [3.05, 3.63) is 64.7 Å². The highest BCUT2D eigenvalue weighted by Crippen LogP contribution is 2.38. The van der Waals surface area contributed by atoms with Crippen LogP contribution >= 0.6 is 0 Å². The van der Waals surface area contributed by atoms with Gasteiger partial charge in [-0.2, -0.15) is 39.5 Å². The molecular formula is C25H22F9N5O6. The number of carbonyl (C=O) groups excluding carboxylic acids is 2. The smallest absolute Gasteiger partial charge is 0.481 e. The van der Waals surface area contributed by atoms with E-state index in [1.54, 1.807) is 12.1 Å². The average Bonchev–Trinajstić information content (AvgIpc) is 3.43. The summed E-state index contributed by atoms with van der Waals surface area (Å²) in [4.78, 5) is 49.2. The van der Waals surface area contributed by atoms with Crippen molar-refractivity contribution in [3.8, 4) is 0 Å². The fourth-order valence-corrected chi connectivity index (χ4v) is 3.47. The zero-order valence-corrected chi connectivity index (χ0v) is 22.3. The van der Waals surface area contributed by atoms with Crippen LogP contribution < -0.4 is 21.3 Å². The van der Waals surface area contributed by atoms with Crippen molar-refractivity contribution in [2.45, 2.75) is 31.0 Å². The van der Waals surface area contributed by atoms with Crippen LogP contribution in [-0.2, 0) is 26.7 Å². The Morgan fingerprint density at radius 2 is 1.47 bits per heavy atom. The van der Waals surface area contributed by atoms with E-state index in [4.69, 9.17) is 15.0 Å². The van der Waals surface area contributed by atoms with E-state index in [9.17, 15) is 53.9 Å². The first-order valence-corrected chi connectivity index (χ1v) is 12.2. The van der Waals surface area contributed by atoms with Crippen LogP contribution in [-0.4, -0.2) is 65.7 Å². The van der Waals surface area contributed by atoms with E-state index in [0.717, 1.165) is 0 Å². The molecule has 45 heavy (non-hydrogen) atoms. The molecule has 20 heteroatoms. The number of hydrogen-bond donors (Lipinski definition) is 6. The molecule has 2 aromatic carbocycles. The highest BCUT2D eigenvalue weighted by atomic mass is 19.4. The Morgan fingerprint density at radius 1 is 0.889 bits per heavy atom. The number of halogens is 9. The maximum atomic E-state index is 13.2. The minimum Gasteiger partial charge on any atom is -0.481 e. The molecule has 0 saturated heterocycles. The molecule has 246 valence electrons. The number of rotatable bonds is 8. The number of carboxylic acid groups (broad SMARTS) is 2. The van der Waals surface area contributed by atoms with Gasteiger partial charge in [-0.05, 0) is 42.0 Å². The van der Waals surface area contributed by atoms with Crippen molar-refractivity contribution in [1.82, 2.24) is 16.0 Å². The van der Waals surface area contributed by atoms with Gasteiger partial charge in [0, 0.05) is 17.8 Å². The van der Waals surface area contributed by atoms with Crippen molar-refractivity contribution in [1.29, 1.82) is 0 Å². The van der Waals surface area contributed by atoms with Crippen LogP contribution in [0.15, 0.2) is 47.5 Å². The summed E-state index contributed by atoms with van der Waals surface area (Å²) in [5, 5.41) is 26.5. The average molecular weight is 659 g/mol. The Kier molecular flexibility index (Phi) is 11.7. The monoisotopic (exact) mass is 659 g/mol. The maximum absolute atomic E-state index is 13.2. The van der Waals surface area contributed by atoms with Gasteiger partial charge in [0.1, 0.15) is 0 Å². The molecule has 0 radical (unpaired) electrons. The number of nitrogens with zero attached hydrogens (tertiary/aromatic N) is 1. The summed E-state index contributed by atoms with van der Waals surface area (Å²) in [6, 6.07) is 4.94. The molecule has 0 aromatic heterocycles. The molecule has 11 nitrogen and oxygen atoms in total.